The van der Waals surface area contributed by atoms with E-state index in [0.29, 0.717) is 12.2 Å². The van der Waals surface area contributed by atoms with Crippen molar-refractivity contribution in [2.45, 2.75) is 44.6 Å². The van der Waals surface area contributed by atoms with Gasteiger partial charge in [0.1, 0.15) is 4.83 Å². The zero-order valence-electron chi connectivity index (χ0n) is 16.1. The summed E-state index contributed by atoms with van der Waals surface area (Å²) in [4.78, 5) is 20.6. The summed E-state index contributed by atoms with van der Waals surface area (Å²) >= 11 is 1.68. The number of fused-ring (bicyclic) bond motifs is 6. The van der Waals surface area contributed by atoms with Crippen molar-refractivity contribution in [3.05, 3.63) is 45.1 Å². The molecule has 6 rings (SSSR count). The number of aromatic nitrogens is 3. The van der Waals surface area contributed by atoms with Gasteiger partial charge in [0, 0.05) is 28.8 Å². The van der Waals surface area contributed by atoms with Crippen LogP contribution < -0.4 is 10.9 Å². The van der Waals surface area contributed by atoms with Crippen molar-refractivity contribution < 1.29 is 4.74 Å². The van der Waals surface area contributed by atoms with Crippen LogP contribution in [0.2, 0.25) is 0 Å². The van der Waals surface area contributed by atoms with E-state index in [0.717, 1.165) is 65.5 Å². The molecule has 1 aliphatic heterocycles. The molecule has 7 heteroatoms. The molecule has 4 aromatic rings. The van der Waals surface area contributed by atoms with Crippen molar-refractivity contribution in [3.8, 4) is 0 Å². The zero-order chi connectivity index (χ0) is 19.4. The minimum atomic E-state index is -0.0460. The topological polar surface area (TPSA) is 68.5 Å². The largest absolute Gasteiger partial charge is 0.376 e. The molecule has 3 aromatic heterocycles. The Labute approximate surface area is 171 Å². The lowest BCUT2D eigenvalue weighted by molar-refractivity contribution is 0.120. The third kappa shape index (κ3) is 2.75. The summed E-state index contributed by atoms with van der Waals surface area (Å²) in [7, 11) is 0. The van der Waals surface area contributed by atoms with Crippen LogP contribution >= 0.6 is 11.3 Å². The third-order valence-electron chi connectivity index (χ3n) is 6.11. The normalized spacial score (nSPS) is 19.2. The molecular formula is C22H22N4O2S. The monoisotopic (exact) mass is 406 g/mol. The van der Waals surface area contributed by atoms with Gasteiger partial charge in [-0.05, 0) is 44.1 Å². The molecule has 1 aliphatic carbocycles. The number of benzene rings is 1. The number of hydrogen-bond donors (Lipinski definition) is 1. The van der Waals surface area contributed by atoms with Crippen molar-refractivity contribution in [2.24, 2.45) is 0 Å². The maximum atomic E-state index is 13.5. The second-order valence-electron chi connectivity index (χ2n) is 7.95. The molecule has 6 nitrogen and oxygen atoms in total. The molecule has 0 spiro atoms. The molecule has 1 aromatic carbocycles. The van der Waals surface area contributed by atoms with E-state index in [1.165, 1.54) is 21.4 Å². The highest BCUT2D eigenvalue weighted by molar-refractivity contribution is 7.18. The fourth-order valence-electron chi connectivity index (χ4n) is 4.65. The Morgan fingerprint density at radius 3 is 2.90 bits per heavy atom. The van der Waals surface area contributed by atoms with E-state index < -0.39 is 0 Å². The van der Waals surface area contributed by atoms with Crippen LogP contribution in [0, 0.1) is 0 Å². The molecule has 0 amide bonds. The van der Waals surface area contributed by atoms with E-state index in [1.807, 2.05) is 24.3 Å². The minimum absolute atomic E-state index is 0.0460. The second kappa shape index (κ2) is 6.78. The first-order chi connectivity index (χ1) is 14.3. The molecule has 148 valence electrons. The molecule has 1 N–H and O–H groups in total. The van der Waals surface area contributed by atoms with Gasteiger partial charge in [0.15, 0.2) is 11.5 Å². The summed E-state index contributed by atoms with van der Waals surface area (Å²) < 4.78 is 7.24. The van der Waals surface area contributed by atoms with E-state index in [4.69, 9.17) is 14.8 Å². The molecule has 1 atom stereocenters. The smallest absolute Gasteiger partial charge is 0.283 e. The highest BCUT2D eigenvalue weighted by Gasteiger charge is 2.22. The van der Waals surface area contributed by atoms with E-state index >= 15 is 0 Å². The van der Waals surface area contributed by atoms with Crippen molar-refractivity contribution in [2.75, 3.05) is 18.5 Å². The van der Waals surface area contributed by atoms with Gasteiger partial charge in [0.05, 0.1) is 11.5 Å². The number of nitrogens with one attached hydrogen (secondary N) is 1. The fourth-order valence-corrected chi connectivity index (χ4v) is 5.90. The van der Waals surface area contributed by atoms with Crippen LogP contribution in [0.3, 0.4) is 0 Å². The van der Waals surface area contributed by atoms with Crippen molar-refractivity contribution in [1.82, 2.24) is 14.6 Å². The molecule has 29 heavy (non-hydrogen) atoms. The van der Waals surface area contributed by atoms with Crippen LogP contribution in [0.4, 0.5) is 5.82 Å². The van der Waals surface area contributed by atoms with Crippen molar-refractivity contribution in [3.63, 3.8) is 0 Å². The highest BCUT2D eigenvalue weighted by atomic mass is 32.1. The summed E-state index contributed by atoms with van der Waals surface area (Å²) in [5, 5.41) is 10.9. The molecule has 4 heterocycles. The number of ether oxygens (including phenoxy) is 1. The number of rotatable bonds is 3. The average molecular weight is 407 g/mol. The number of thiophene rings is 1. The quantitative estimate of drug-likeness (QED) is 0.522. The fraction of sp³-hybridized carbons (Fsp3) is 0.409. The van der Waals surface area contributed by atoms with Gasteiger partial charge in [-0.2, -0.15) is 4.52 Å². The van der Waals surface area contributed by atoms with E-state index in [-0.39, 0.29) is 11.7 Å². The number of anilines is 1. The van der Waals surface area contributed by atoms with Crippen LogP contribution in [0.15, 0.2) is 29.1 Å². The molecule has 2 aliphatic rings. The molecule has 0 bridgehead atoms. The third-order valence-corrected chi connectivity index (χ3v) is 7.30. The van der Waals surface area contributed by atoms with Gasteiger partial charge in [0.25, 0.3) is 5.56 Å². The second-order valence-corrected chi connectivity index (χ2v) is 9.04. The van der Waals surface area contributed by atoms with Crippen LogP contribution in [-0.2, 0) is 17.6 Å². The summed E-state index contributed by atoms with van der Waals surface area (Å²) in [5.41, 5.74) is 1.79. The Bertz CT molecular complexity index is 1300. The summed E-state index contributed by atoms with van der Waals surface area (Å²) in [6, 6.07) is 8.05. The average Bonchev–Trinajstić information content (AvgIpc) is 3.40. The minimum Gasteiger partial charge on any atom is -0.376 e. The first-order valence-electron chi connectivity index (χ1n) is 10.4. The number of nitrogens with zero attached hydrogens (tertiary/aromatic N) is 3. The predicted octanol–water partition coefficient (Wildman–Crippen LogP) is 3.93. The van der Waals surface area contributed by atoms with Crippen LogP contribution in [-0.4, -0.2) is 33.9 Å². The Hall–Kier alpha value is -2.51. The zero-order valence-corrected chi connectivity index (χ0v) is 16.9. The van der Waals surface area contributed by atoms with Gasteiger partial charge in [0.2, 0.25) is 0 Å². The molecule has 0 saturated carbocycles. The van der Waals surface area contributed by atoms with Crippen LogP contribution in [0.25, 0.3) is 26.6 Å². The van der Waals surface area contributed by atoms with Gasteiger partial charge in [-0.25, -0.2) is 4.98 Å². The standard InChI is InChI=1S/C22H22N4O2S/c27-22-18-16-9-3-4-10-17(16)29-21(18)24-20-15-8-2-1-7-14(15)19(25-26(20)22)23-12-13-6-5-11-28-13/h1-2,7-8,13H,3-6,9-12H2,(H,23,25)/t13-/m1/s1. The van der Waals surface area contributed by atoms with E-state index in [2.05, 4.69) is 5.32 Å². The molecular weight excluding hydrogens is 384 g/mol. The summed E-state index contributed by atoms with van der Waals surface area (Å²) in [5.74, 6) is 0.718. The summed E-state index contributed by atoms with van der Waals surface area (Å²) in [6.45, 7) is 1.52. The predicted molar refractivity (Wildman–Crippen MR) is 116 cm³/mol. The lowest BCUT2D eigenvalue weighted by Gasteiger charge is -2.14. The van der Waals surface area contributed by atoms with Gasteiger partial charge >= 0.3 is 0 Å². The lowest BCUT2D eigenvalue weighted by Crippen LogP contribution is -2.23. The summed E-state index contributed by atoms with van der Waals surface area (Å²) in [6.07, 6.45) is 6.71. The van der Waals surface area contributed by atoms with Crippen LogP contribution in [0.5, 0.6) is 0 Å². The van der Waals surface area contributed by atoms with Crippen LogP contribution in [0.1, 0.15) is 36.1 Å². The Morgan fingerprint density at radius 1 is 1.17 bits per heavy atom. The first-order valence-corrected chi connectivity index (χ1v) is 11.2. The lowest BCUT2D eigenvalue weighted by atomic mass is 9.97. The molecule has 0 radical (unpaired) electrons. The van der Waals surface area contributed by atoms with E-state index in [1.54, 1.807) is 11.3 Å². The molecule has 0 unspecified atom stereocenters. The number of aryl methyl sites for hydroxylation is 2. The van der Waals surface area contributed by atoms with E-state index in [9.17, 15) is 4.79 Å². The Morgan fingerprint density at radius 2 is 2.03 bits per heavy atom. The van der Waals surface area contributed by atoms with Crippen molar-refractivity contribution >= 4 is 43.8 Å². The SMILES string of the molecule is O=c1c2c3c(sc2nc2c4ccccc4c(NC[C@H]4CCCO4)nn12)CCCC3. The molecule has 1 fully saturated rings. The highest BCUT2D eigenvalue weighted by Crippen LogP contribution is 2.34. The maximum absolute atomic E-state index is 13.5. The van der Waals surface area contributed by atoms with Gasteiger partial charge in [-0.1, -0.05) is 24.3 Å². The van der Waals surface area contributed by atoms with Gasteiger partial charge in [-0.3, -0.25) is 4.79 Å². The number of hydrogen-bond acceptors (Lipinski definition) is 6. The molecule has 1 saturated heterocycles. The van der Waals surface area contributed by atoms with Gasteiger partial charge in [-0.15, -0.1) is 16.4 Å². The van der Waals surface area contributed by atoms with Gasteiger partial charge < -0.3 is 10.1 Å². The first kappa shape index (κ1) is 17.4. The van der Waals surface area contributed by atoms with Crippen molar-refractivity contribution in [1.29, 1.82) is 0 Å². The Kier molecular flexibility index (Phi) is 4.06. The maximum Gasteiger partial charge on any atom is 0.283 e. The Balaban J connectivity index is 1.59.